The highest BCUT2D eigenvalue weighted by molar-refractivity contribution is 7.15. The number of carbonyl (C=O) groups is 2. The summed E-state index contributed by atoms with van der Waals surface area (Å²) >= 11 is 1.38. The number of thiazole rings is 1. The number of ketones is 1. The molecule has 6 heteroatoms. The number of carbonyl (C=O) groups excluding carboxylic acids is 2. The van der Waals surface area contributed by atoms with Crippen molar-refractivity contribution < 1.29 is 14.0 Å². The number of aryl methyl sites for hydroxylation is 1. The van der Waals surface area contributed by atoms with Gasteiger partial charge >= 0.3 is 0 Å². The summed E-state index contributed by atoms with van der Waals surface area (Å²) in [6.45, 7) is 1.89. The van der Waals surface area contributed by atoms with Crippen LogP contribution in [0.1, 0.15) is 28.1 Å². The van der Waals surface area contributed by atoms with Crippen molar-refractivity contribution >= 4 is 28.2 Å². The number of nitrogens with one attached hydrogen (secondary N) is 1. The van der Waals surface area contributed by atoms with E-state index in [0.717, 1.165) is 4.88 Å². The Kier molecular flexibility index (Phi) is 4.57. The molecule has 0 aliphatic carbocycles. The van der Waals surface area contributed by atoms with Crippen LogP contribution in [0.2, 0.25) is 0 Å². The smallest absolute Gasteiger partial charge is 0.226 e. The summed E-state index contributed by atoms with van der Waals surface area (Å²) in [7, 11) is 0. The van der Waals surface area contributed by atoms with Crippen LogP contribution in [0, 0.1) is 12.7 Å². The molecule has 0 atom stereocenters. The molecule has 1 aromatic carbocycles. The second-order valence-corrected chi connectivity index (χ2v) is 5.49. The van der Waals surface area contributed by atoms with Gasteiger partial charge in [-0.15, -0.1) is 11.3 Å². The van der Waals surface area contributed by atoms with E-state index in [4.69, 9.17) is 0 Å². The predicted molar refractivity (Wildman–Crippen MR) is 75.4 cm³/mol. The van der Waals surface area contributed by atoms with Crippen LogP contribution in [0.25, 0.3) is 0 Å². The van der Waals surface area contributed by atoms with E-state index in [0.29, 0.717) is 10.7 Å². The van der Waals surface area contributed by atoms with Crippen molar-refractivity contribution in [2.24, 2.45) is 0 Å². The van der Waals surface area contributed by atoms with Gasteiger partial charge in [-0.05, 0) is 31.2 Å². The number of hydrogen-bond acceptors (Lipinski definition) is 4. The fourth-order valence-electron chi connectivity index (χ4n) is 1.60. The highest BCUT2D eigenvalue weighted by Crippen LogP contribution is 2.17. The lowest BCUT2D eigenvalue weighted by Crippen LogP contribution is -2.13. The molecule has 0 fully saturated rings. The molecule has 104 valence electrons. The second-order valence-electron chi connectivity index (χ2n) is 4.25. The lowest BCUT2D eigenvalue weighted by atomic mass is 10.1. The summed E-state index contributed by atoms with van der Waals surface area (Å²) in [4.78, 5) is 28.5. The number of aromatic nitrogens is 1. The van der Waals surface area contributed by atoms with E-state index in [1.807, 2.05) is 6.92 Å². The van der Waals surface area contributed by atoms with Gasteiger partial charge in [0.25, 0.3) is 0 Å². The number of amides is 1. The molecule has 20 heavy (non-hydrogen) atoms. The second kappa shape index (κ2) is 6.38. The minimum Gasteiger partial charge on any atom is -0.302 e. The number of halogens is 1. The fraction of sp³-hybridized carbons (Fsp3) is 0.214. The van der Waals surface area contributed by atoms with Crippen LogP contribution < -0.4 is 5.32 Å². The molecular weight excluding hydrogens is 279 g/mol. The number of nitrogens with zero attached hydrogens (tertiary/aromatic N) is 1. The highest BCUT2D eigenvalue weighted by atomic mass is 32.1. The molecule has 0 bridgehead atoms. The summed E-state index contributed by atoms with van der Waals surface area (Å²) in [5.41, 5.74) is 0.407. The Morgan fingerprint density at radius 1 is 1.25 bits per heavy atom. The van der Waals surface area contributed by atoms with E-state index >= 15 is 0 Å². The Balaban J connectivity index is 1.84. The summed E-state index contributed by atoms with van der Waals surface area (Å²) in [6.07, 6.45) is 1.83. The van der Waals surface area contributed by atoms with Crippen LogP contribution in [-0.2, 0) is 4.79 Å². The maximum Gasteiger partial charge on any atom is 0.226 e. The third-order valence-electron chi connectivity index (χ3n) is 2.61. The molecule has 0 radical (unpaired) electrons. The minimum absolute atomic E-state index is 0.0782. The van der Waals surface area contributed by atoms with Crippen molar-refractivity contribution in [1.82, 2.24) is 4.98 Å². The molecule has 1 N–H and O–H groups in total. The standard InChI is InChI=1S/C14H13FN2O2S/c1-9-8-16-14(20-9)17-13(19)7-6-12(18)10-2-4-11(15)5-3-10/h2-5,8H,6-7H2,1H3,(H,16,17,19). The van der Waals surface area contributed by atoms with Gasteiger partial charge in [0.2, 0.25) is 5.91 Å². The summed E-state index contributed by atoms with van der Waals surface area (Å²) < 4.78 is 12.7. The SMILES string of the molecule is Cc1cnc(NC(=O)CCC(=O)c2ccc(F)cc2)s1. The van der Waals surface area contributed by atoms with E-state index < -0.39 is 5.82 Å². The molecule has 2 aromatic rings. The van der Waals surface area contributed by atoms with Crippen molar-refractivity contribution in [3.63, 3.8) is 0 Å². The first-order valence-electron chi connectivity index (χ1n) is 6.05. The lowest BCUT2D eigenvalue weighted by molar-refractivity contribution is -0.116. The van der Waals surface area contributed by atoms with E-state index in [9.17, 15) is 14.0 Å². The van der Waals surface area contributed by atoms with Crippen molar-refractivity contribution in [3.8, 4) is 0 Å². The first kappa shape index (κ1) is 14.3. The average Bonchev–Trinajstić information content (AvgIpc) is 2.82. The molecule has 0 unspecified atom stereocenters. The van der Waals surface area contributed by atoms with E-state index in [1.165, 1.54) is 35.6 Å². The molecule has 0 saturated heterocycles. The summed E-state index contributed by atoms with van der Waals surface area (Å²) in [6, 6.07) is 5.29. The maximum atomic E-state index is 12.7. The van der Waals surface area contributed by atoms with Crippen LogP contribution in [0.5, 0.6) is 0 Å². The zero-order chi connectivity index (χ0) is 14.5. The first-order chi connectivity index (χ1) is 9.54. The summed E-state index contributed by atoms with van der Waals surface area (Å²) in [5, 5.41) is 3.16. The van der Waals surface area contributed by atoms with Crippen molar-refractivity contribution in [2.45, 2.75) is 19.8 Å². The quantitative estimate of drug-likeness (QED) is 0.861. The number of rotatable bonds is 5. The number of Topliss-reactive ketones (excluding diaryl/α,β-unsaturated/α-hetero) is 1. The normalized spacial score (nSPS) is 10.3. The number of anilines is 1. The Morgan fingerprint density at radius 2 is 1.95 bits per heavy atom. The largest absolute Gasteiger partial charge is 0.302 e. The summed E-state index contributed by atoms with van der Waals surface area (Å²) in [5.74, 6) is -0.830. The lowest BCUT2D eigenvalue weighted by Gasteiger charge is -2.02. The zero-order valence-electron chi connectivity index (χ0n) is 10.9. The van der Waals surface area contributed by atoms with Gasteiger partial charge in [0.05, 0.1) is 0 Å². The highest BCUT2D eigenvalue weighted by Gasteiger charge is 2.10. The molecule has 2 rings (SSSR count). The van der Waals surface area contributed by atoms with Gasteiger partial charge in [-0.2, -0.15) is 0 Å². The van der Waals surface area contributed by atoms with E-state index in [1.54, 1.807) is 6.20 Å². The minimum atomic E-state index is -0.390. The molecule has 0 spiro atoms. The van der Waals surface area contributed by atoms with Crippen molar-refractivity contribution in [2.75, 3.05) is 5.32 Å². The molecule has 1 amide bonds. The molecule has 0 saturated carbocycles. The van der Waals surface area contributed by atoms with Gasteiger partial charge in [0.15, 0.2) is 10.9 Å². The molecule has 1 heterocycles. The predicted octanol–water partition coefficient (Wildman–Crippen LogP) is 3.19. The molecule has 0 aliphatic heterocycles. The monoisotopic (exact) mass is 292 g/mol. The van der Waals surface area contributed by atoms with Crippen molar-refractivity contribution in [3.05, 3.63) is 46.7 Å². The molecule has 1 aromatic heterocycles. The molecular formula is C14H13FN2O2S. The van der Waals surface area contributed by atoms with Gasteiger partial charge in [0, 0.05) is 29.5 Å². The Hall–Kier alpha value is -2.08. The van der Waals surface area contributed by atoms with Gasteiger partial charge in [-0.25, -0.2) is 9.37 Å². The van der Waals surface area contributed by atoms with Crippen LogP contribution in [0.15, 0.2) is 30.5 Å². The first-order valence-corrected chi connectivity index (χ1v) is 6.87. The van der Waals surface area contributed by atoms with E-state index in [-0.39, 0.29) is 24.5 Å². The zero-order valence-corrected chi connectivity index (χ0v) is 11.7. The van der Waals surface area contributed by atoms with E-state index in [2.05, 4.69) is 10.3 Å². The maximum absolute atomic E-state index is 12.7. The fourth-order valence-corrected chi connectivity index (χ4v) is 2.28. The van der Waals surface area contributed by atoms with Gasteiger partial charge in [-0.1, -0.05) is 0 Å². The van der Waals surface area contributed by atoms with Gasteiger partial charge in [0.1, 0.15) is 5.82 Å². The number of benzene rings is 1. The van der Waals surface area contributed by atoms with Crippen molar-refractivity contribution in [1.29, 1.82) is 0 Å². The van der Waals surface area contributed by atoms with Crippen LogP contribution in [-0.4, -0.2) is 16.7 Å². The average molecular weight is 292 g/mol. The topological polar surface area (TPSA) is 59.1 Å². The number of hydrogen-bond donors (Lipinski definition) is 1. The van der Waals surface area contributed by atoms with Gasteiger partial charge < -0.3 is 5.32 Å². The third-order valence-corrected chi connectivity index (χ3v) is 3.44. The Labute approximate surface area is 119 Å². The third kappa shape index (κ3) is 3.96. The van der Waals surface area contributed by atoms with Gasteiger partial charge in [-0.3, -0.25) is 9.59 Å². The Morgan fingerprint density at radius 3 is 2.55 bits per heavy atom. The molecule has 0 aliphatic rings. The molecule has 4 nitrogen and oxygen atoms in total. The van der Waals surface area contributed by atoms with Crippen LogP contribution >= 0.6 is 11.3 Å². The van der Waals surface area contributed by atoms with Crippen LogP contribution in [0.4, 0.5) is 9.52 Å². The Bertz CT molecular complexity index is 622. The van der Waals surface area contributed by atoms with Crippen LogP contribution in [0.3, 0.4) is 0 Å².